The summed E-state index contributed by atoms with van der Waals surface area (Å²) >= 11 is 0. The molecule has 0 aromatic heterocycles. The number of rotatable bonds is 2. The van der Waals surface area contributed by atoms with Crippen molar-refractivity contribution in [3.63, 3.8) is 0 Å². The highest BCUT2D eigenvalue weighted by Gasteiger charge is 2.51. The highest BCUT2D eigenvalue weighted by molar-refractivity contribution is 5.93. The van der Waals surface area contributed by atoms with Crippen LogP contribution in [0.2, 0.25) is 0 Å². The number of hydrogen-bond acceptors (Lipinski definition) is 2. The quantitative estimate of drug-likeness (QED) is 0.765. The number of carbonyl (C=O) groups is 1. The van der Waals surface area contributed by atoms with Crippen LogP contribution in [0.15, 0.2) is 47.1 Å². The van der Waals surface area contributed by atoms with Gasteiger partial charge >= 0.3 is 0 Å². The van der Waals surface area contributed by atoms with Gasteiger partial charge in [0.1, 0.15) is 5.75 Å². The Morgan fingerprint density at radius 1 is 1.00 bits per heavy atom. The highest BCUT2D eigenvalue weighted by atomic mass is 16.3. The van der Waals surface area contributed by atoms with Crippen LogP contribution in [0.25, 0.3) is 0 Å². The molecule has 0 unspecified atom stereocenters. The van der Waals surface area contributed by atoms with Crippen LogP contribution < -0.4 is 0 Å². The van der Waals surface area contributed by atoms with Gasteiger partial charge in [0, 0.05) is 6.42 Å². The van der Waals surface area contributed by atoms with Crippen molar-refractivity contribution < 1.29 is 9.90 Å². The van der Waals surface area contributed by atoms with E-state index in [-0.39, 0.29) is 0 Å². The maximum absolute atomic E-state index is 11.8. The van der Waals surface area contributed by atoms with Crippen molar-refractivity contribution in [2.75, 3.05) is 0 Å². The Balaban J connectivity index is 1.47. The predicted octanol–water partition coefficient (Wildman–Crippen LogP) is 5.51. The van der Waals surface area contributed by atoms with Crippen LogP contribution in [0.5, 0.6) is 5.75 Å². The van der Waals surface area contributed by atoms with Crippen molar-refractivity contribution in [3.05, 3.63) is 52.6 Å². The first-order valence-electron chi connectivity index (χ1n) is 10.4. The SMILES string of the molecule is O=C1C=C2CC[C@@H]3C(=C2CC1)CC[C@]1(Cc2ccc(O)cc2)CCC[C@@H]31. The van der Waals surface area contributed by atoms with E-state index >= 15 is 0 Å². The number of allylic oxidation sites excluding steroid dienone is 4. The molecule has 4 aliphatic carbocycles. The van der Waals surface area contributed by atoms with E-state index in [4.69, 9.17) is 0 Å². The Kier molecular flexibility index (Phi) is 3.84. The number of hydrogen-bond donors (Lipinski definition) is 1. The summed E-state index contributed by atoms with van der Waals surface area (Å²) in [7, 11) is 0. The first-order valence-corrected chi connectivity index (χ1v) is 10.4. The van der Waals surface area contributed by atoms with E-state index in [1.165, 1.54) is 49.7 Å². The Morgan fingerprint density at radius 3 is 2.69 bits per heavy atom. The molecule has 5 rings (SSSR count). The summed E-state index contributed by atoms with van der Waals surface area (Å²) in [5.41, 5.74) is 6.51. The van der Waals surface area contributed by atoms with Crippen molar-refractivity contribution in [2.45, 2.75) is 64.2 Å². The van der Waals surface area contributed by atoms with Crippen LogP contribution in [-0.4, -0.2) is 10.9 Å². The van der Waals surface area contributed by atoms with E-state index in [1.807, 2.05) is 18.2 Å². The predicted molar refractivity (Wildman–Crippen MR) is 103 cm³/mol. The summed E-state index contributed by atoms with van der Waals surface area (Å²) in [6.07, 6.45) is 13.8. The maximum Gasteiger partial charge on any atom is 0.156 e. The van der Waals surface area contributed by atoms with Gasteiger partial charge in [-0.2, -0.15) is 0 Å². The molecule has 0 heterocycles. The monoisotopic (exact) mass is 348 g/mol. The van der Waals surface area contributed by atoms with Crippen LogP contribution in [0.1, 0.15) is 63.4 Å². The molecule has 1 aromatic carbocycles. The fraction of sp³-hybridized carbons (Fsp3) is 0.542. The van der Waals surface area contributed by atoms with Gasteiger partial charge in [0.05, 0.1) is 0 Å². The van der Waals surface area contributed by atoms with Gasteiger partial charge in [0.25, 0.3) is 0 Å². The summed E-state index contributed by atoms with van der Waals surface area (Å²) in [4.78, 5) is 11.8. The second-order valence-electron chi connectivity index (χ2n) is 8.99. The summed E-state index contributed by atoms with van der Waals surface area (Å²) in [5.74, 6) is 2.26. The summed E-state index contributed by atoms with van der Waals surface area (Å²) in [5, 5.41) is 9.60. The number of aromatic hydroxyl groups is 1. The van der Waals surface area contributed by atoms with Crippen molar-refractivity contribution in [2.24, 2.45) is 17.3 Å². The number of carbonyl (C=O) groups excluding carboxylic acids is 1. The molecule has 2 saturated carbocycles. The number of ketones is 1. The molecule has 0 amide bonds. The van der Waals surface area contributed by atoms with E-state index < -0.39 is 0 Å². The lowest BCUT2D eigenvalue weighted by Crippen LogP contribution is -2.40. The topological polar surface area (TPSA) is 37.3 Å². The molecule has 0 aliphatic heterocycles. The second kappa shape index (κ2) is 6.11. The molecule has 0 bridgehead atoms. The Morgan fingerprint density at radius 2 is 1.85 bits per heavy atom. The fourth-order valence-electron chi connectivity index (χ4n) is 6.66. The highest BCUT2D eigenvalue weighted by Crippen LogP contribution is 2.61. The van der Waals surface area contributed by atoms with Gasteiger partial charge in [0.2, 0.25) is 0 Å². The van der Waals surface area contributed by atoms with Gasteiger partial charge < -0.3 is 5.11 Å². The third-order valence-electron chi connectivity index (χ3n) is 7.75. The molecule has 0 spiro atoms. The third kappa shape index (κ3) is 2.57. The van der Waals surface area contributed by atoms with Gasteiger partial charge in [-0.15, -0.1) is 0 Å². The summed E-state index contributed by atoms with van der Waals surface area (Å²) in [6, 6.07) is 7.90. The van der Waals surface area contributed by atoms with Gasteiger partial charge in [0.15, 0.2) is 5.78 Å². The van der Waals surface area contributed by atoms with E-state index in [0.717, 1.165) is 37.5 Å². The lowest BCUT2D eigenvalue weighted by Gasteiger charge is -2.49. The van der Waals surface area contributed by atoms with Gasteiger partial charge in [-0.3, -0.25) is 4.79 Å². The fourth-order valence-corrected chi connectivity index (χ4v) is 6.66. The van der Waals surface area contributed by atoms with E-state index in [2.05, 4.69) is 12.1 Å². The molecule has 1 aromatic rings. The number of phenolic OH excluding ortho intramolecular Hbond substituents is 1. The smallest absolute Gasteiger partial charge is 0.156 e. The van der Waals surface area contributed by atoms with Crippen LogP contribution in [-0.2, 0) is 11.2 Å². The molecule has 2 fully saturated rings. The molecular weight excluding hydrogens is 320 g/mol. The van der Waals surface area contributed by atoms with E-state index in [0.29, 0.717) is 16.9 Å². The summed E-state index contributed by atoms with van der Waals surface area (Å²) < 4.78 is 0. The zero-order valence-corrected chi connectivity index (χ0v) is 15.5. The van der Waals surface area contributed by atoms with Gasteiger partial charge in [-0.1, -0.05) is 24.1 Å². The first-order chi connectivity index (χ1) is 12.6. The number of fused-ring (bicyclic) bond motifs is 4. The molecule has 1 N–H and O–H groups in total. The Bertz CT molecular complexity index is 798. The van der Waals surface area contributed by atoms with Crippen molar-refractivity contribution in [1.82, 2.24) is 0 Å². The third-order valence-corrected chi connectivity index (χ3v) is 7.75. The molecule has 2 nitrogen and oxygen atoms in total. The molecule has 0 saturated heterocycles. The largest absolute Gasteiger partial charge is 0.508 e. The standard InChI is InChI=1S/C24H28O2/c25-18-6-3-16(4-7-18)15-24-12-1-2-23(24)22-9-5-17-14-19(26)8-10-20(17)21(22)11-13-24/h3-4,6-7,14,22-23,25H,1-2,5,8-13,15H2/t22-,23+,24+/m1/s1. The van der Waals surface area contributed by atoms with E-state index in [9.17, 15) is 9.90 Å². The number of benzene rings is 1. The van der Waals surface area contributed by atoms with Crippen LogP contribution in [0, 0.1) is 17.3 Å². The molecule has 136 valence electrons. The van der Waals surface area contributed by atoms with E-state index in [1.54, 1.807) is 11.1 Å². The minimum Gasteiger partial charge on any atom is -0.508 e. The maximum atomic E-state index is 11.8. The second-order valence-corrected chi connectivity index (χ2v) is 8.99. The van der Waals surface area contributed by atoms with Crippen LogP contribution >= 0.6 is 0 Å². The molecule has 4 aliphatic rings. The van der Waals surface area contributed by atoms with Crippen molar-refractivity contribution in [3.8, 4) is 5.75 Å². The van der Waals surface area contributed by atoms with Crippen molar-refractivity contribution in [1.29, 1.82) is 0 Å². The zero-order valence-electron chi connectivity index (χ0n) is 15.5. The molecule has 26 heavy (non-hydrogen) atoms. The van der Waals surface area contributed by atoms with Crippen LogP contribution in [0.3, 0.4) is 0 Å². The van der Waals surface area contributed by atoms with Crippen LogP contribution in [0.4, 0.5) is 0 Å². The van der Waals surface area contributed by atoms with Gasteiger partial charge in [-0.05, 0) is 104 Å². The zero-order chi connectivity index (χ0) is 17.7. The Hall–Kier alpha value is -1.83. The lowest BCUT2D eigenvalue weighted by molar-refractivity contribution is -0.114. The Labute approximate surface area is 156 Å². The minimum atomic E-state index is 0.334. The number of phenols is 1. The minimum absolute atomic E-state index is 0.334. The molecule has 0 radical (unpaired) electrons. The van der Waals surface area contributed by atoms with Gasteiger partial charge in [-0.25, -0.2) is 0 Å². The molecule has 3 atom stereocenters. The first kappa shape index (κ1) is 16.4. The average Bonchev–Trinajstić information content (AvgIpc) is 3.07. The van der Waals surface area contributed by atoms with Crippen molar-refractivity contribution >= 4 is 5.78 Å². The summed E-state index contributed by atoms with van der Waals surface area (Å²) in [6.45, 7) is 0. The molecule has 2 heteroatoms. The molecular formula is C24H28O2. The lowest BCUT2D eigenvalue weighted by atomic mass is 9.56. The normalized spacial score (nSPS) is 33.4. The average molecular weight is 348 g/mol.